The minimum absolute atomic E-state index is 1.20. The van der Waals surface area contributed by atoms with Crippen molar-refractivity contribution in [2.24, 2.45) is 0 Å². The Labute approximate surface area is 388 Å². The highest BCUT2D eigenvalue weighted by Gasteiger charge is 2.28. The first-order valence-corrected chi connectivity index (χ1v) is 23.3. The van der Waals surface area contributed by atoms with Gasteiger partial charge in [-0.15, -0.1) is 0 Å². The van der Waals surface area contributed by atoms with E-state index in [1.807, 2.05) is 0 Å². The first-order chi connectivity index (χ1) is 33.3. The third kappa shape index (κ3) is 5.68. The Hall–Kier alpha value is -8.78. The molecule has 0 atom stereocenters. The topological polar surface area (TPSA) is 4.41 Å². The van der Waals surface area contributed by atoms with Crippen molar-refractivity contribution >= 4 is 70.4 Å². The van der Waals surface area contributed by atoms with Gasteiger partial charge in [0.2, 0.25) is 0 Å². The van der Waals surface area contributed by atoms with Crippen molar-refractivity contribution in [3.05, 3.63) is 249 Å². The Morgan fingerprint density at radius 2 is 0.582 bits per heavy atom. The fourth-order valence-electron chi connectivity index (χ4n) is 11.5. The third-order valence-corrected chi connectivity index (χ3v) is 14.3. The van der Waals surface area contributed by atoms with Gasteiger partial charge in [-0.2, -0.15) is 0 Å². The molecule has 0 saturated carbocycles. The molecule has 0 bridgehead atoms. The quantitative estimate of drug-likeness (QED) is 0.147. The summed E-state index contributed by atoms with van der Waals surface area (Å²) in [6, 6.07) is 92.2. The zero-order valence-electron chi connectivity index (χ0n) is 36.6. The summed E-state index contributed by atoms with van der Waals surface area (Å²) in [6.07, 6.45) is 0. The second-order valence-corrected chi connectivity index (χ2v) is 17.9. The normalized spacial score (nSPS) is 11.9. The summed E-state index contributed by atoms with van der Waals surface area (Å²) in [5.41, 5.74) is 18.4. The van der Waals surface area contributed by atoms with Gasteiger partial charge < -0.3 is 4.40 Å². The van der Waals surface area contributed by atoms with Crippen LogP contribution in [-0.4, -0.2) is 4.40 Å². The van der Waals surface area contributed by atoms with Crippen LogP contribution in [0.1, 0.15) is 0 Å². The zero-order valence-corrected chi connectivity index (χ0v) is 36.6. The molecule has 2 heterocycles. The Balaban J connectivity index is 1.21. The predicted molar refractivity (Wildman–Crippen MR) is 286 cm³/mol. The highest BCUT2D eigenvalue weighted by molar-refractivity contribution is 6.34. The van der Waals surface area contributed by atoms with Crippen LogP contribution in [0.5, 0.6) is 0 Å². The molecule has 0 N–H and O–H groups in total. The van der Waals surface area contributed by atoms with Gasteiger partial charge in [-0.1, -0.05) is 224 Å². The molecule has 1 heteroatoms. The lowest BCUT2D eigenvalue weighted by Gasteiger charge is -2.21. The SMILES string of the molecule is c1ccc(-c2cccc(-c3ccccc3)c2-c2c3ccccc3cc3c2c2cccc4c5c(-c6c(-c7ccccc7)cccc6-c6ccccc6)c6cc7ccccc7cc6cc5n3c24)cc1. The molecule has 0 radical (unpaired) electrons. The molecule has 0 aliphatic heterocycles. The number of para-hydroxylation sites is 1. The molecule has 14 aromatic rings. The van der Waals surface area contributed by atoms with Crippen LogP contribution in [0.2, 0.25) is 0 Å². The fourth-order valence-corrected chi connectivity index (χ4v) is 11.5. The van der Waals surface area contributed by atoms with Crippen molar-refractivity contribution in [2.75, 3.05) is 0 Å². The highest BCUT2D eigenvalue weighted by Crippen LogP contribution is 2.54. The summed E-state index contributed by atoms with van der Waals surface area (Å²) in [5, 5.41) is 12.5. The zero-order chi connectivity index (χ0) is 44.0. The van der Waals surface area contributed by atoms with E-state index in [0.29, 0.717) is 0 Å². The van der Waals surface area contributed by atoms with E-state index in [9.17, 15) is 0 Å². The molecule has 0 fully saturated rings. The number of rotatable bonds is 6. The van der Waals surface area contributed by atoms with Gasteiger partial charge in [-0.3, -0.25) is 0 Å². The van der Waals surface area contributed by atoms with Gasteiger partial charge in [0.1, 0.15) is 0 Å². The van der Waals surface area contributed by atoms with Crippen molar-refractivity contribution in [1.29, 1.82) is 0 Å². The lowest BCUT2D eigenvalue weighted by Crippen LogP contribution is -1.95. The number of aromatic nitrogens is 1. The van der Waals surface area contributed by atoms with Gasteiger partial charge in [-0.05, 0) is 112 Å². The van der Waals surface area contributed by atoms with E-state index < -0.39 is 0 Å². The first kappa shape index (κ1) is 37.6. The van der Waals surface area contributed by atoms with Crippen LogP contribution in [0, 0.1) is 0 Å². The molecule has 310 valence electrons. The summed E-state index contributed by atoms with van der Waals surface area (Å²) >= 11 is 0. The summed E-state index contributed by atoms with van der Waals surface area (Å²) in [7, 11) is 0. The van der Waals surface area contributed by atoms with Gasteiger partial charge in [-0.25, -0.2) is 0 Å². The average Bonchev–Trinajstić information content (AvgIpc) is 3.91. The second-order valence-electron chi connectivity index (χ2n) is 17.9. The minimum atomic E-state index is 1.20. The molecular weight excluding hydrogens is 807 g/mol. The monoisotopic (exact) mass is 847 g/mol. The van der Waals surface area contributed by atoms with Crippen LogP contribution >= 0.6 is 0 Å². The van der Waals surface area contributed by atoms with Crippen LogP contribution in [0.4, 0.5) is 0 Å². The highest BCUT2D eigenvalue weighted by atomic mass is 14.9. The summed E-state index contributed by atoms with van der Waals surface area (Å²) in [6.45, 7) is 0. The molecule has 0 saturated heterocycles. The second kappa shape index (κ2) is 14.9. The van der Waals surface area contributed by atoms with Gasteiger partial charge in [0.15, 0.2) is 0 Å². The van der Waals surface area contributed by atoms with Crippen LogP contribution in [0.15, 0.2) is 249 Å². The number of nitrogens with zero attached hydrogens (tertiary/aromatic N) is 1. The first-order valence-electron chi connectivity index (χ1n) is 23.3. The van der Waals surface area contributed by atoms with Gasteiger partial charge in [0.25, 0.3) is 0 Å². The van der Waals surface area contributed by atoms with E-state index in [1.165, 1.54) is 137 Å². The van der Waals surface area contributed by atoms with E-state index in [0.717, 1.165) is 0 Å². The van der Waals surface area contributed by atoms with Crippen molar-refractivity contribution < 1.29 is 0 Å². The molecule has 0 amide bonds. The van der Waals surface area contributed by atoms with Crippen LogP contribution in [-0.2, 0) is 0 Å². The van der Waals surface area contributed by atoms with E-state index in [4.69, 9.17) is 0 Å². The van der Waals surface area contributed by atoms with Crippen LogP contribution in [0.3, 0.4) is 0 Å². The van der Waals surface area contributed by atoms with Crippen LogP contribution in [0.25, 0.3) is 137 Å². The number of fused-ring (bicyclic) bond motifs is 9. The average molecular weight is 848 g/mol. The van der Waals surface area contributed by atoms with Gasteiger partial charge in [0.05, 0.1) is 16.6 Å². The van der Waals surface area contributed by atoms with Gasteiger partial charge >= 0.3 is 0 Å². The lowest BCUT2D eigenvalue weighted by atomic mass is 9.82. The number of hydrogen-bond donors (Lipinski definition) is 0. The molecule has 67 heavy (non-hydrogen) atoms. The van der Waals surface area contributed by atoms with E-state index in [2.05, 4.69) is 253 Å². The fraction of sp³-hybridized carbons (Fsp3) is 0. The Morgan fingerprint density at radius 3 is 1.06 bits per heavy atom. The van der Waals surface area contributed by atoms with E-state index >= 15 is 0 Å². The molecule has 0 aliphatic rings. The number of hydrogen-bond acceptors (Lipinski definition) is 0. The third-order valence-electron chi connectivity index (χ3n) is 14.3. The number of benzene rings is 12. The van der Waals surface area contributed by atoms with Crippen molar-refractivity contribution in [1.82, 2.24) is 4.40 Å². The predicted octanol–water partition coefficient (Wildman–Crippen LogP) is 18.3. The summed E-state index contributed by atoms with van der Waals surface area (Å²) < 4.78 is 2.62. The van der Waals surface area contributed by atoms with Crippen molar-refractivity contribution in [3.8, 4) is 66.8 Å². The minimum Gasteiger partial charge on any atom is -0.308 e. The molecule has 0 unspecified atom stereocenters. The molecule has 14 rings (SSSR count). The van der Waals surface area contributed by atoms with Crippen molar-refractivity contribution in [3.63, 3.8) is 0 Å². The van der Waals surface area contributed by atoms with Gasteiger partial charge in [0, 0.05) is 32.7 Å². The Morgan fingerprint density at radius 1 is 0.224 bits per heavy atom. The lowest BCUT2D eigenvalue weighted by molar-refractivity contribution is 1.38. The maximum Gasteiger partial charge on any atom is 0.0620 e. The molecule has 2 aromatic heterocycles. The van der Waals surface area contributed by atoms with Crippen LogP contribution < -0.4 is 0 Å². The van der Waals surface area contributed by atoms with Crippen molar-refractivity contribution in [2.45, 2.75) is 0 Å². The smallest absolute Gasteiger partial charge is 0.0620 e. The molecule has 12 aromatic carbocycles. The maximum atomic E-state index is 2.62. The Bertz CT molecular complexity index is 4110. The maximum absolute atomic E-state index is 2.62. The standard InChI is InChI=1S/C66H41N/c1-5-20-42(21-6-1)50-32-17-33-51(43-22-7-2-8-23-43)60(50)64-54-31-16-15-30-48(54)40-58-62(64)55-36-19-37-56-63-59(67(58)66(55)56)41-49-38-46-28-13-14-29-47(46)39-57(49)65(63)61-52(44-24-9-3-10-25-44)34-18-35-53(61)45-26-11-4-12-27-45/h1-41H. The van der Waals surface area contributed by atoms with E-state index in [1.54, 1.807) is 0 Å². The molecule has 0 aliphatic carbocycles. The largest absolute Gasteiger partial charge is 0.308 e. The Kier molecular flexibility index (Phi) is 8.35. The van der Waals surface area contributed by atoms with E-state index in [-0.39, 0.29) is 0 Å². The molecule has 1 nitrogen and oxygen atoms in total. The summed E-state index contributed by atoms with van der Waals surface area (Å²) in [4.78, 5) is 0. The summed E-state index contributed by atoms with van der Waals surface area (Å²) in [5.74, 6) is 0. The molecular formula is C66H41N. The molecule has 0 spiro atoms.